The highest BCUT2D eigenvalue weighted by Crippen LogP contribution is 2.40. The third kappa shape index (κ3) is 2.94. The van der Waals surface area contributed by atoms with E-state index in [0.717, 1.165) is 16.6 Å². The number of fused-ring (bicyclic) bond motifs is 1. The molecule has 1 aliphatic rings. The molecule has 0 saturated carbocycles. The molecule has 4 rings (SSSR count). The van der Waals surface area contributed by atoms with Crippen molar-refractivity contribution in [1.82, 2.24) is 4.98 Å². The monoisotopic (exact) mass is 340 g/mol. The second kappa shape index (κ2) is 6.38. The molecule has 1 N–H and O–H groups in total. The first-order valence-corrected chi connectivity index (χ1v) is 8.21. The number of pyridine rings is 1. The van der Waals surface area contributed by atoms with Gasteiger partial charge in [0.25, 0.3) is 0 Å². The van der Waals surface area contributed by atoms with Gasteiger partial charge in [0.1, 0.15) is 0 Å². The van der Waals surface area contributed by atoms with E-state index in [0.29, 0.717) is 36.9 Å². The van der Waals surface area contributed by atoms with Crippen molar-refractivity contribution in [2.24, 2.45) is 0 Å². The van der Waals surface area contributed by atoms with Crippen LogP contribution in [-0.4, -0.2) is 25.3 Å². The van der Waals surface area contributed by atoms with Crippen LogP contribution in [0, 0.1) is 0 Å². The molecule has 1 saturated heterocycles. The second-order valence-electron chi connectivity index (χ2n) is 6.02. The third-order valence-electron chi connectivity index (χ3n) is 4.39. The molecule has 2 aromatic heterocycles. The zero-order chi connectivity index (χ0) is 17.3. The number of aromatic nitrogens is 1. The lowest BCUT2D eigenvalue weighted by Gasteiger charge is -2.18. The van der Waals surface area contributed by atoms with E-state index in [1.807, 2.05) is 37.3 Å². The fourth-order valence-electron chi connectivity index (χ4n) is 2.99. The summed E-state index contributed by atoms with van der Waals surface area (Å²) >= 11 is 0. The molecule has 6 heteroatoms. The lowest BCUT2D eigenvalue weighted by Crippen LogP contribution is -2.21. The molecular weight excluding hydrogens is 320 g/mol. The number of benzene rings is 1. The van der Waals surface area contributed by atoms with Gasteiger partial charge in [-0.2, -0.15) is 0 Å². The van der Waals surface area contributed by atoms with Crippen molar-refractivity contribution in [2.45, 2.75) is 19.3 Å². The average molecular weight is 340 g/mol. The van der Waals surface area contributed by atoms with Crippen LogP contribution in [0.4, 0.5) is 5.69 Å². The molecule has 0 atom stereocenters. The minimum absolute atomic E-state index is 0.553. The Balaban J connectivity index is 1.70. The van der Waals surface area contributed by atoms with Gasteiger partial charge >= 0.3 is 0 Å². The van der Waals surface area contributed by atoms with Gasteiger partial charge in [-0.3, -0.25) is 4.98 Å². The Labute approximate surface area is 145 Å². The van der Waals surface area contributed by atoms with Gasteiger partial charge in [-0.1, -0.05) is 0 Å². The van der Waals surface area contributed by atoms with Crippen LogP contribution >= 0.6 is 0 Å². The first kappa shape index (κ1) is 15.9. The molecule has 1 aliphatic heterocycles. The minimum Gasteiger partial charge on any atom is -0.493 e. The maximum absolute atomic E-state index is 6.04. The molecule has 25 heavy (non-hydrogen) atoms. The molecule has 1 fully saturated rings. The maximum Gasteiger partial charge on any atom is 0.225 e. The Morgan fingerprint density at radius 2 is 1.92 bits per heavy atom. The fraction of sp³-hybridized carbons (Fsp3) is 0.316. The van der Waals surface area contributed by atoms with Gasteiger partial charge in [0.2, 0.25) is 5.79 Å². The normalized spacial score (nSPS) is 16.2. The molecule has 0 bridgehead atoms. The van der Waals surface area contributed by atoms with Crippen molar-refractivity contribution in [3.8, 4) is 5.75 Å². The Hall–Kier alpha value is -2.57. The van der Waals surface area contributed by atoms with Crippen molar-refractivity contribution >= 4 is 16.7 Å². The molecule has 0 radical (unpaired) electrons. The van der Waals surface area contributed by atoms with E-state index in [1.165, 1.54) is 0 Å². The quantitative estimate of drug-likeness (QED) is 0.764. The molecule has 0 spiro atoms. The van der Waals surface area contributed by atoms with Gasteiger partial charge in [-0.15, -0.1) is 0 Å². The van der Waals surface area contributed by atoms with Crippen LogP contribution in [0.2, 0.25) is 0 Å². The summed E-state index contributed by atoms with van der Waals surface area (Å²) in [6.45, 7) is 3.67. The number of hydrogen-bond acceptors (Lipinski definition) is 6. The van der Waals surface area contributed by atoms with Crippen molar-refractivity contribution in [3.05, 3.63) is 54.0 Å². The summed E-state index contributed by atoms with van der Waals surface area (Å²) in [6.07, 6.45) is 3.57. The molecule has 130 valence electrons. The summed E-state index contributed by atoms with van der Waals surface area (Å²) in [5, 5.41) is 4.38. The van der Waals surface area contributed by atoms with Crippen LogP contribution in [0.5, 0.6) is 5.75 Å². The number of nitrogens with one attached hydrogen (secondary N) is 1. The number of methoxy groups -OCH3 is 1. The molecule has 0 aliphatic carbocycles. The van der Waals surface area contributed by atoms with Gasteiger partial charge in [-0.05, 0) is 42.8 Å². The highest BCUT2D eigenvalue weighted by Gasteiger charge is 2.37. The zero-order valence-electron chi connectivity index (χ0n) is 14.2. The lowest BCUT2D eigenvalue weighted by molar-refractivity contribution is -0.162. The number of ether oxygens (including phenoxy) is 3. The van der Waals surface area contributed by atoms with E-state index >= 15 is 0 Å². The topological polar surface area (TPSA) is 65.8 Å². The molecule has 3 heterocycles. The van der Waals surface area contributed by atoms with E-state index in [1.54, 1.807) is 19.5 Å². The Morgan fingerprint density at radius 1 is 1.16 bits per heavy atom. The van der Waals surface area contributed by atoms with E-state index in [4.69, 9.17) is 18.6 Å². The lowest BCUT2D eigenvalue weighted by atomic mass is 10.1. The molecule has 3 aromatic rings. The minimum atomic E-state index is -0.855. The first-order chi connectivity index (χ1) is 12.2. The van der Waals surface area contributed by atoms with Gasteiger partial charge in [0.15, 0.2) is 17.1 Å². The Morgan fingerprint density at radius 3 is 2.64 bits per heavy atom. The van der Waals surface area contributed by atoms with Crippen LogP contribution in [0.15, 0.2) is 47.1 Å². The molecule has 0 amide bonds. The number of furan rings is 1. The first-order valence-electron chi connectivity index (χ1n) is 8.21. The van der Waals surface area contributed by atoms with Crippen LogP contribution in [-0.2, 0) is 21.8 Å². The standard InChI is InChI=1S/C19H20N2O4/c1-19(23-9-10-24-19)17-11-14-15(3-4-16(22-2)18(14)25-17)21-12-13-5-7-20-8-6-13/h3-8,11,21H,9-10,12H2,1-2H3. The second-order valence-corrected chi connectivity index (χ2v) is 6.02. The van der Waals surface area contributed by atoms with Gasteiger partial charge < -0.3 is 23.9 Å². The van der Waals surface area contributed by atoms with E-state index in [-0.39, 0.29) is 0 Å². The van der Waals surface area contributed by atoms with E-state index < -0.39 is 5.79 Å². The zero-order valence-corrected chi connectivity index (χ0v) is 14.2. The fourth-order valence-corrected chi connectivity index (χ4v) is 2.99. The van der Waals surface area contributed by atoms with Gasteiger partial charge in [0.05, 0.1) is 20.3 Å². The Bertz CT molecular complexity index is 870. The summed E-state index contributed by atoms with van der Waals surface area (Å²) in [5.41, 5.74) is 2.79. The van der Waals surface area contributed by atoms with Crippen molar-refractivity contribution in [3.63, 3.8) is 0 Å². The smallest absolute Gasteiger partial charge is 0.225 e. The highest BCUT2D eigenvalue weighted by molar-refractivity contribution is 5.95. The van der Waals surface area contributed by atoms with E-state index in [9.17, 15) is 0 Å². The largest absolute Gasteiger partial charge is 0.493 e. The van der Waals surface area contributed by atoms with Crippen LogP contribution < -0.4 is 10.1 Å². The summed E-state index contributed by atoms with van der Waals surface area (Å²) in [5.74, 6) is 0.459. The predicted molar refractivity (Wildman–Crippen MR) is 93.6 cm³/mol. The summed E-state index contributed by atoms with van der Waals surface area (Å²) in [6, 6.07) is 9.80. The van der Waals surface area contributed by atoms with E-state index in [2.05, 4.69) is 10.3 Å². The number of nitrogens with zero attached hydrogens (tertiary/aromatic N) is 1. The van der Waals surface area contributed by atoms with Crippen LogP contribution in [0.25, 0.3) is 11.0 Å². The van der Waals surface area contributed by atoms with Crippen molar-refractivity contribution in [2.75, 3.05) is 25.6 Å². The number of rotatable bonds is 5. The Kier molecular flexibility index (Phi) is 4.07. The van der Waals surface area contributed by atoms with Crippen molar-refractivity contribution < 1.29 is 18.6 Å². The predicted octanol–water partition coefficient (Wildman–Crippen LogP) is 3.67. The molecule has 0 unspecified atom stereocenters. The summed E-state index contributed by atoms with van der Waals surface area (Å²) < 4.78 is 22.9. The highest BCUT2D eigenvalue weighted by atomic mass is 16.7. The number of anilines is 1. The average Bonchev–Trinajstić information content (AvgIpc) is 3.28. The summed E-state index contributed by atoms with van der Waals surface area (Å²) in [4.78, 5) is 4.04. The molecular formula is C19H20N2O4. The SMILES string of the molecule is COc1ccc(NCc2ccncc2)c2cc(C3(C)OCCO3)oc12. The molecule has 1 aromatic carbocycles. The summed E-state index contributed by atoms with van der Waals surface area (Å²) in [7, 11) is 1.63. The molecule has 6 nitrogen and oxygen atoms in total. The third-order valence-corrected chi connectivity index (χ3v) is 4.39. The van der Waals surface area contributed by atoms with Crippen LogP contribution in [0.3, 0.4) is 0 Å². The van der Waals surface area contributed by atoms with Crippen LogP contribution in [0.1, 0.15) is 18.2 Å². The maximum atomic E-state index is 6.04. The van der Waals surface area contributed by atoms with Gasteiger partial charge in [-0.25, -0.2) is 0 Å². The van der Waals surface area contributed by atoms with Crippen molar-refractivity contribution in [1.29, 1.82) is 0 Å². The van der Waals surface area contributed by atoms with Gasteiger partial charge in [0, 0.05) is 30.0 Å². The number of hydrogen-bond donors (Lipinski definition) is 1.